The number of esters is 2. The summed E-state index contributed by atoms with van der Waals surface area (Å²) >= 11 is 0. The zero-order valence-electron chi connectivity index (χ0n) is 11.8. The van der Waals surface area contributed by atoms with E-state index in [0.29, 0.717) is 5.56 Å². The SMILES string of the molecule is CC(C)(C)OC(=O)CC(=O)OC(N)c1ccc(O)cc1. The molecular weight excluding hydrogens is 262 g/mol. The van der Waals surface area contributed by atoms with Crippen LogP contribution in [0.25, 0.3) is 0 Å². The summed E-state index contributed by atoms with van der Waals surface area (Å²) in [5, 5.41) is 9.14. The monoisotopic (exact) mass is 281 g/mol. The molecule has 0 spiro atoms. The average Bonchev–Trinajstić information content (AvgIpc) is 2.26. The average molecular weight is 281 g/mol. The molecule has 0 amide bonds. The third-order valence-electron chi connectivity index (χ3n) is 2.19. The van der Waals surface area contributed by atoms with Crippen molar-refractivity contribution in [2.45, 2.75) is 39.0 Å². The van der Waals surface area contributed by atoms with Crippen molar-refractivity contribution < 1.29 is 24.2 Å². The van der Waals surface area contributed by atoms with Crippen LogP contribution in [0, 0.1) is 0 Å². The number of aromatic hydroxyl groups is 1. The number of hydrogen-bond donors (Lipinski definition) is 2. The molecule has 6 heteroatoms. The van der Waals surface area contributed by atoms with Crippen LogP contribution in [0.4, 0.5) is 0 Å². The maximum Gasteiger partial charge on any atom is 0.318 e. The first-order chi connectivity index (χ1) is 9.17. The van der Waals surface area contributed by atoms with Gasteiger partial charge in [0.15, 0.2) is 6.23 Å². The topological polar surface area (TPSA) is 98.9 Å². The molecule has 6 nitrogen and oxygen atoms in total. The Morgan fingerprint density at radius 1 is 1.20 bits per heavy atom. The fourth-order valence-electron chi connectivity index (χ4n) is 1.41. The molecular formula is C14H19NO5. The molecule has 1 unspecified atom stereocenters. The largest absolute Gasteiger partial charge is 0.508 e. The Hall–Kier alpha value is -2.08. The summed E-state index contributed by atoms with van der Waals surface area (Å²) in [4.78, 5) is 23.0. The number of nitrogens with two attached hydrogens (primary N) is 1. The molecule has 0 bridgehead atoms. The summed E-state index contributed by atoms with van der Waals surface area (Å²) in [5.74, 6) is -1.35. The van der Waals surface area contributed by atoms with Gasteiger partial charge in [-0.25, -0.2) is 0 Å². The summed E-state index contributed by atoms with van der Waals surface area (Å²) in [6.07, 6.45) is -1.49. The molecule has 0 saturated heterocycles. The Balaban J connectivity index is 2.50. The minimum absolute atomic E-state index is 0.0843. The number of benzene rings is 1. The van der Waals surface area contributed by atoms with Gasteiger partial charge in [0.05, 0.1) is 0 Å². The van der Waals surface area contributed by atoms with Gasteiger partial charge in [-0.15, -0.1) is 0 Å². The van der Waals surface area contributed by atoms with Crippen LogP contribution in [0.15, 0.2) is 24.3 Å². The fraction of sp³-hybridized carbons (Fsp3) is 0.429. The highest BCUT2D eigenvalue weighted by molar-refractivity contribution is 5.91. The number of rotatable bonds is 4. The Kier molecular flexibility index (Phi) is 5.10. The summed E-state index contributed by atoms with van der Waals surface area (Å²) in [7, 11) is 0. The predicted molar refractivity (Wildman–Crippen MR) is 71.6 cm³/mol. The van der Waals surface area contributed by atoms with Gasteiger partial charge in [-0.2, -0.15) is 0 Å². The van der Waals surface area contributed by atoms with Crippen molar-refractivity contribution in [1.82, 2.24) is 0 Å². The number of hydrogen-bond acceptors (Lipinski definition) is 6. The summed E-state index contributed by atoms with van der Waals surface area (Å²) in [5.41, 5.74) is 5.53. The lowest BCUT2D eigenvalue weighted by Gasteiger charge is -2.19. The summed E-state index contributed by atoms with van der Waals surface area (Å²) in [6, 6.07) is 5.91. The predicted octanol–water partition coefficient (Wildman–Crippen LogP) is 1.62. The number of phenols is 1. The smallest absolute Gasteiger partial charge is 0.318 e. The first kappa shape index (κ1) is 16.0. The highest BCUT2D eigenvalue weighted by atomic mass is 16.6. The molecule has 0 aliphatic carbocycles. The molecule has 1 rings (SSSR count). The van der Waals surface area contributed by atoms with Crippen molar-refractivity contribution in [1.29, 1.82) is 0 Å². The standard InChI is InChI=1S/C14H19NO5/c1-14(2,3)20-12(18)8-11(17)19-13(15)9-4-6-10(16)7-5-9/h4-7,13,16H,8,15H2,1-3H3. The van der Waals surface area contributed by atoms with E-state index in [1.807, 2.05) is 0 Å². The normalized spacial score (nSPS) is 12.6. The van der Waals surface area contributed by atoms with E-state index in [0.717, 1.165) is 0 Å². The van der Waals surface area contributed by atoms with E-state index in [-0.39, 0.29) is 5.75 Å². The third-order valence-corrected chi connectivity index (χ3v) is 2.19. The van der Waals surface area contributed by atoms with Gasteiger partial charge in [0.2, 0.25) is 0 Å². The molecule has 3 N–H and O–H groups in total. The highest BCUT2D eigenvalue weighted by Gasteiger charge is 2.21. The van der Waals surface area contributed by atoms with Crippen molar-refractivity contribution in [3.8, 4) is 5.75 Å². The highest BCUT2D eigenvalue weighted by Crippen LogP contribution is 2.17. The second-order valence-electron chi connectivity index (χ2n) is 5.27. The first-order valence-electron chi connectivity index (χ1n) is 6.13. The van der Waals surface area contributed by atoms with Crippen molar-refractivity contribution in [2.24, 2.45) is 5.73 Å². The molecule has 0 heterocycles. The van der Waals surface area contributed by atoms with E-state index in [9.17, 15) is 9.59 Å². The summed E-state index contributed by atoms with van der Waals surface area (Å²) < 4.78 is 9.92. The van der Waals surface area contributed by atoms with E-state index in [1.54, 1.807) is 20.8 Å². The Morgan fingerprint density at radius 2 is 1.75 bits per heavy atom. The van der Waals surface area contributed by atoms with Crippen molar-refractivity contribution in [3.63, 3.8) is 0 Å². The minimum atomic E-state index is -0.995. The number of carbonyl (C=O) groups is 2. The molecule has 20 heavy (non-hydrogen) atoms. The zero-order chi connectivity index (χ0) is 15.3. The van der Waals surface area contributed by atoms with Gasteiger partial charge in [-0.05, 0) is 32.9 Å². The molecule has 1 atom stereocenters. The quantitative estimate of drug-likeness (QED) is 0.494. The zero-order valence-corrected chi connectivity index (χ0v) is 11.8. The van der Waals surface area contributed by atoms with Gasteiger partial charge in [-0.1, -0.05) is 12.1 Å². The van der Waals surface area contributed by atoms with Crippen LogP contribution in [-0.2, 0) is 19.1 Å². The van der Waals surface area contributed by atoms with Gasteiger partial charge < -0.3 is 14.6 Å². The van der Waals surface area contributed by atoms with Crippen molar-refractivity contribution in [2.75, 3.05) is 0 Å². The molecule has 1 aromatic carbocycles. The molecule has 0 aliphatic heterocycles. The Morgan fingerprint density at radius 3 is 2.25 bits per heavy atom. The lowest BCUT2D eigenvalue weighted by molar-refractivity contribution is -0.163. The van der Waals surface area contributed by atoms with Crippen LogP contribution in [0.3, 0.4) is 0 Å². The van der Waals surface area contributed by atoms with E-state index in [2.05, 4.69) is 0 Å². The minimum Gasteiger partial charge on any atom is -0.508 e. The van der Waals surface area contributed by atoms with Crippen molar-refractivity contribution >= 4 is 11.9 Å². The second kappa shape index (κ2) is 6.38. The Labute approximate surface area is 117 Å². The second-order valence-corrected chi connectivity index (χ2v) is 5.27. The van der Waals surface area contributed by atoms with Gasteiger partial charge >= 0.3 is 11.9 Å². The van der Waals surface area contributed by atoms with Crippen molar-refractivity contribution in [3.05, 3.63) is 29.8 Å². The van der Waals surface area contributed by atoms with Gasteiger partial charge in [0, 0.05) is 5.56 Å². The molecule has 0 aliphatic rings. The maximum absolute atomic E-state index is 11.5. The lowest BCUT2D eigenvalue weighted by atomic mass is 10.2. The molecule has 0 aromatic heterocycles. The first-order valence-corrected chi connectivity index (χ1v) is 6.13. The van der Waals surface area contributed by atoms with Gasteiger partial charge in [0.1, 0.15) is 17.8 Å². The van der Waals surface area contributed by atoms with Crippen LogP contribution in [0.5, 0.6) is 5.75 Å². The number of ether oxygens (including phenoxy) is 2. The number of carbonyl (C=O) groups excluding carboxylic acids is 2. The molecule has 0 fully saturated rings. The van der Waals surface area contributed by atoms with E-state index < -0.39 is 30.2 Å². The molecule has 1 aromatic rings. The third kappa shape index (κ3) is 5.71. The molecule has 110 valence electrons. The lowest BCUT2D eigenvalue weighted by Crippen LogP contribution is -2.27. The van der Waals surface area contributed by atoms with E-state index in [4.69, 9.17) is 20.3 Å². The fourth-order valence-corrected chi connectivity index (χ4v) is 1.41. The van der Waals surface area contributed by atoms with Crippen LogP contribution in [0.2, 0.25) is 0 Å². The van der Waals surface area contributed by atoms with Gasteiger partial charge in [0.25, 0.3) is 0 Å². The van der Waals surface area contributed by atoms with Crippen LogP contribution in [0.1, 0.15) is 39.0 Å². The van der Waals surface area contributed by atoms with Crippen LogP contribution >= 0.6 is 0 Å². The van der Waals surface area contributed by atoms with E-state index >= 15 is 0 Å². The Bertz CT molecular complexity index is 475. The van der Waals surface area contributed by atoms with Gasteiger partial charge in [-0.3, -0.25) is 15.3 Å². The van der Waals surface area contributed by atoms with Crippen LogP contribution < -0.4 is 5.73 Å². The molecule has 0 radical (unpaired) electrons. The summed E-state index contributed by atoms with van der Waals surface area (Å²) in [6.45, 7) is 5.12. The maximum atomic E-state index is 11.5. The number of phenolic OH excluding ortho intramolecular Hbond substituents is 1. The molecule has 0 saturated carbocycles. The van der Waals surface area contributed by atoms with E-state index in [1.165, 1.54) is 24.3 Å². The van der Waals surface area contributed by atoms with Crippen LogP contribution in [-0.4, -0.2) is 22.6 Å².